The predicted molar refractivity (Wildman–Crippen MR) is 166 cm³/mol. The predicted octanol–water partition coefficient (Wildman–Crippen LogP) is 9.88. The maximum absolute atomic E-state index is 13.2. The zero-order valence-corrected chi connectivity index (χ0v) is 22.4. The maximum Gasteiger partial charge on any atom is 0.109 e. The van der Waals surface area contributed by atoms with Gasteiger partial charge >= 0.3 is 0 Å². The first-order valence-electron chi connectivity index (χ1n) is 13.0. The molecule has 0 aliphatic heterocycles. The smallest absolute Gasteiger partial charge is 0.109 e. The van der Waals surface area contributed by atoms with Crippen molar-refractivity contribution in [3.8, 4) is 22.3 Å². The summed E-state index contributed by atoms with van der Waals surface area (Å²) < 4.78 is 13.2. The molecule has 0 radical (unpaired) electrons. The second-order valence-electron chi connectivity index (χ2n) is 10.5. The lowest BCUT2D eigenvalue weighted by molar-refractivity contribution is 0.588. The van der Waals surface area contributed by atoms with E-state index in [1.807, 2.05) is 13.3 Å². The molecule has 0 fully saturated rings. The monoisotopic (exact) mass is 506 g/mol. The number of hydrogen-bond donors (Lipinski definition) is 0. The van der Waals surface area contributed by atoms with Crippen molar-refractivity contribution in [1.29, 1.82) is 0 Å². The van der Waals surface area contributed by atoms with Gasteiger partial charge in [0.1, 0.15) is 7.14 Å². The minimum atomic E-state index is -2.45. The van der Waals surface area contributed by atoms with E-state index in [0.29, 0.717) is 0 Å². The van der Waals surface area contributed by atoms with Crippen molar-refractivity contribution >= 4 is 55.5 Å². The molecule has 2 heteroatoms. The van der Waals surface area contributed by atoms with Crippen LogP contribution >= 0.6 is 7.14 Å². The van der Waals surface area contributed by atoms with Crippen LogP contribution in [0.2, 0.25) is 0 Å². The Kier molecular flexibility index (Phi) is 5.25. The Bertz CT molecular complexity index is 2080. The lowest BCUT2D eigenvalue weighted by Crippen LogP contribution is -2.03. The SMILES string of the molecule is CP(C)(=O)c1ccc2c(-c3ccc4ccccc4c3)c3ccccc3c(-c3ccc4ccccc4c3)c2c1. The summed E-state index contributed by atoms with van der Waals surface area (Å²) in [7, 11) is -2.45. The quantitative estimate of drug-likeness (QED) is 0.172. The lowest BCUT2D eigenvalue weighted by Gasteiger charge is -2.20. The highest BCUT2D eigenvalue weighted by Gasteiger charge is 2.20. The Balaban J connectivity index is 1.64. The molecule has 7 aromatic carbocycles. The molecular weight excluding hydrogens is 479 g/mol. The van der Waals surface area contributed by atoms with Gasteiger partial charge in [0.2, 0.25) is 0 Å². The topological polar surface area (TPSA) is 17.1 Å². The Morgan fingerprint density at radius 3 is 1.39 bits per heavy atom. The summed E-state index contributed by atoms with van der Waals surface area (Å²) in [6, 6.07) is 45.6. The van der Waals surface area contributed by atoms with E-state index in [4.69, 9.17) is 0 Å². The summed E-state index contributed by atoms with van der Waals surface area (Å²) in [5, 5.41) is 10.6. The molecule has 0 bridgehead atoms. The minimum Gasteiger partial charge on any atom is -0.319 e. The van der Waals surface area contributed by atoms with Gasteiger partial charge in [-0.2, -0.15) is 0 Å². The second-order valence-corrected chi connectivity index (χ2v) is 13.7. The molecule has 0 heterocycles. The molecule has 0 aromatic heterocycles. The average molecular weight is 507 g/mol. The molecule has 0 aliphatic carbocycles. The first-order valence-corrected chi connectivity index (χ1v) is 15.6. The highest BCUT2D eigenvalue weighted by Crippen LogP contribution is 2.46. The van der Waals surface area contributed by atoms with Gasteiger partial charge in [-0.25, -0.2) is 0 Å². The highest BCUT2D eigenvalue weighted by molar-refractivity contribution is 7.70. The van der Waals surface area contributed by atoms with Crippen molar-refractivity contribution in [3.05, 3.63) is 127 Å². The fourth-order valence-corrected chi connectivity index (χ4v) is 6.69. The van der Waals surface area contributed by atoms with E-state index >= 15 is 0 Å². The summed E-state index contributed by atoms with van der Waals surface area (Å²) in [5.74, 6) is 0. The van der Waals surface area contributed by atoms with Crippen molar-refractivity contribution in [2.45, 2.75) is 0 Å². The van der Waals surface area contributed by atoms with Gasteiger partial charge in [-0.05, 0) is 96.9 Å². The fourth-order valence-electron chi connectivity index (χ4n) is 5.81. The van der Waals surface area contributed by atoms with Gasteiger partial charge in [-0.15, -0.1) is 0 Å². The zero-order valence-electron chi connectivity index (χ0n) is 21.5. The van der Waals surface area contributed by atoms with Crippen LogP contribution in [0.3, 0.4) is 0 Å². The largest absolute Gasteiger partial charge is 0.319 e. The maximum atomic E-state index is 13.2. The third-order valence-electron chi connectivity index (χ3n) is 7.71. The van der Waals surface area contributed by atoms with Crippen LogP contribution in [0.25, 0.3) is 65.3 Å². The van der Waals surface area contributed by atoms with Crippen molar-refractivity contribution in [2.24, 2.45) is 0 Å². The van der Waals surface area contributed by atoms with Crippen molar-refractivity contribution in [3.63, 3.8) is 0 Å². The third-order valence-corrected chi connectivity index (χ3v) is 9.23. The number of hydrogen-bond acceptors (Lipinski definition) is 1. The second kappa shape index (κ2) is 8.69. The van der Waals surface area contributed by atoms with Gasteiger partial charge in [-0.1, -0.05) is 109 Å². The van der Waals surface area contributed by atoms with Crippen LogP contribution in [0.1, 0.15) is 0 Å². The Morgan fingerprint density at radius 2 is 0.868 bits per heavy atom. The first-order chi connectivity index (χ1) is 18.5. The summed E-state index contributed by atoms with van der Waals surface area (Å²) in [6.45, 7) is 3.71. The van der Waals surface area contributed by atoms with Gasteiger partial charge < -0.3 is 4.57 Å². The Morgan fingerprint density at radius 1 is 0.421 bits per heavy atom. The molecule has 7 aromatic rings. The van der Waals surface area contributed by atoms with E-state index in [1.54, 1.807) is 0 Å². The lowest BCUT2D eigenvalue weighted by atomic mass is 9.85. The molecule has 0 spiro atoms. The van der Waals surface area contributed by atoms with E-state index in [0.717, 1.165) is 10.7 Å². The minimum absolute atomic E-state index is 0.909. The highest BCUT2D eigenvalue weighted by atomic mass is 31.2. The van der Waals surface area contributed by atoms with Gasteiger partial charge in [0.25, 0.3) is 0 Å². The molecule has 0 N–H and O–H groups in total. The van der Waals surface area contributed by atoms with E-state index < -0.39 is 7.14 Å². The van der Waals surface area contributed by atoms with E-state index in [9.17, 15) is 4.57 Å². The molecule has 1 nitrogen and oxygen atoms in total. The van der Waals surface area contributed by atoms with Crippen molar-refractivity contribution in [2.75, 3.05) is 13.3 Å². The van der Waals surface area contributed by atoms with E-state index in [-0.39, 0.29) is 0 Å². The van der Waals surface area contributed by atoms with Crippen LogP contribution in [0, 0.1) is 0 Å². The van der Waals surface area contributed by atoms with Gasteiger partial charge in [0.15, 0.2) is 0 Å². The summed E-state index contributed by atoms with van der Waals surface area (Å²) >= 11 is 0. The van der Waals surface area contributed by atoms with Gasteiger partial charge in [0.05, 0.1) is 0 Å². The summed E-state index contributed by atoms with van der Waals surface area (Å²) in [5.41, 5.74) is 4.79. The number of rotatable bonds is 3. The summed E-state index contributed by atoms with van der Waals surface area (Å²) in [4.78, 5) is 0. The molecule has 0 amide bonds. The first kappa shape index (κ1) is 23.0. The Hall–Kier alpha value is -4.19. The molecule has 0 saturated carbocycles. The van der Waals surface area contributed by atoms with E-state index in [1.165, 1.54) is 60.0 Å². The van der Waals surface area contributed by atoms with Crippen LogP contribution in [0.5, 0.6) is 0 Å². The molecule has 0 atom stereocenters. The van der Waals surface area contributed by atoms with Crippen molar-refractivity contribution < 1.29 is 4.57 Å². The van der Waals surface area contributed by atoms with Crippen LogP contribution in [-0.4, -0.2) is 13.3 Å². The van der Waals surface area contributed by atoms with Crippen LogP contribution in [0.4, 0.5) is 0 Å². The molecule has 0 aliphatic rings. The van der Waals surface area contributed by atoms with Crippen LogP contribution < -0.4 is 5.30 Å². The average Bonchev–Trinajstić information content (AvgIpc) is 2.94. The molecule has 0 saturated heterocycles. The molecular formula is C36H27OP. The molecule has 182 valence electrons. The van der Waals surface area contributed by atoms with Crippen LogP contribution in [0.15, 0.2) is 127 Å². The normalized spacial score (nSPS) is 12.1. The van der Waals surface area contributed by atoms with Gasteiger partial charge in [0, 0.05) is 5.30 Å². The molecule has 38 heavy (non-hydrogen) atoms. The number of fused-ring (bicyclic) bond motifs is 4. The molecule has 0 unspecified atom stereocenters. The third kappa shape index (κ3) is 3.74. The van der Waals surface area contributed by atoms with Gasteiger partial charge in [-0.3, -0.25) is 0 Å². The Labute approximate surface area is 222 Å². The van der Waals surface area contributed by atoms with Crippen LogP contribution in [-0.2, 0) is 4.57 Å². The van der Waals surface area contributed by atoms with Crippen molar-refractivity contribution in [1.82, 2.24) is 0 Å². The number of benzene rings is 7. The summed E-state index contributed by atoms with van der Waals surface area (Å²) in [6.07, 6.45) is 0. The zero-order chi connectivity index (χ0) is 25.9. The van der Waals surface area contributed by atoms with E-state index in [2.05, 4.69) is 127 Å². The fraction of sp³-hybridized carbons (Fsp3) is 0.0556. The standard InChI is InChI=1S/C36H27OP/c1-38(2,37)30-19-20-33-34(23-30)36(29-18-16-25-10-4-6-12-27(25)22-29)32-14-8-7-13-31(32)35(33)28-17-15-24-9-3-5-11-26(24)21-28/h3-23H,1-2H3. The molecule has 7 rings (SSSR count).